The van der Waals surface area contributed by atoms with Gasteiger partial charge in [0.05, 0.1) is 16.8 Å². The molecule has 1 aliphatic rings. The van der Waals surface area contributed by atoms with Gasteiger partial charge in [-0.1, -0.05) is 12.1 Å². The number of benzene rings is 1. The van der Waals surface area contributed by atoms with Crippen LogP contribution in [-0.2, 0) is 9.31 Å². The first-order valence-corrected chi connectivity index (χ1v) is 7.91. The lowest BCUT2D eigenvalue weighted by Gasteiger charge is -2.32. The predicted molar refractivity (Wildman–Crippen MR) is 95.8 cm³/mol. The number of hydrogen-bond acceptors (Lipinski definition) is 5. The molecule has 4 N–H and O–H groups in total. The standard InChI is InChI=1S/C17H25BN2O4/c1-16(2)17(3,4)24-18(23-16)12(10-20-5)8-11-6-7-14(19)13(9-11)15(21)22/h6-9,20H,10,19H2,1-5H3,(H,21,22). The van der Waals surface area contributed by atoms with Crippen LogP contribution in [0.15, 0.2) is 23.7 Å². The zero-order chi connectivity index (χ0) is 18.1. The molecule has 1 aliphatic heterocycles. The average Bonchev–Trinajstić information content (AvgIpc) is 2.68. The van der Waals surface area contributed by atoms with Gasteiger partial charge in [-0.25, -0.2) is 4.79 Å². The molecule has 2 rings (SSSR count). The second-order valence-corrected chi connectivity index (χ2v) is 6.99. The highest BCUT2D eigenvalue weighted by molar-refractivity contribution is 6.55. The van der Waals surface area contributed by atoms with Gasteiger partial charge in [-0.05, 0) is 57.9 Å². The second-order valence-electron chi connectivity index (χ2n) is 6.99. The normalized spacial score (nSPS) is 19.5. The maximum Gasteiger partial charge on any atom is 0.491 e. The summed E-state index contributed by atoms with van der Waals surface area (Å²) in [6, 6.07) is 4.93. The van der Waals surface area contributed by atoms with E-state index in [1.54, 1.807) is 18.2 Å². The molecule has 1 saturated heterocycles. The quantitative estimate of drug-likeness (QED) is 0.565. The summed E-state index contributed by atoms with van der Waals surface area (Å²) in [6.07, 6.45) is 1.88. The molecule has 0 aromatic heterocycles. The van der Waals surface area contributed by atoms with Crippen molar-refractivity contribution in [2.75, 3.05) is 19.3 Å². The van der Waals surface area contributed by atoms with Crippen LogP contribution in [0.2, 0.25) is 0 Å². The van der Waals surface area contributed by atoms with Crippen LogP contribution >= 0.6 is 0 Å². The van der Waals surface area contributed by atoms with Gasteiger partial charge in [-0.2, -0.15) is 0 Å². The fourth-order valence-corrected chi connectivity index (χ4v) is 2.46. The Bertz CT molecular complexity index is 655. The molecule has 1 aromatic rings. The molecule has 0 radical (unpaired) electrons. The number of carboxylic acids is 1. The first-order chi connectivity index (χ1) is 11.1. The third kappa shape index (κ3) is 3.63. The molecule has 6 nitrogen and oxygen atoms in total. The molecule has 0 saturated carbocycles. The van der Waals surface area contributed by atoms with Crippen LogP contribution in [0, 0.1) is 0 Å². The van der Waals surface area contributed by atoms with Gasteiger partial charge in [0.25, 0.3) is 0 Å². The molecule has 130 valence electrons. The Kier molecular flexibility index (Phi) is 5.08. The Balaban J connectivity index is 2.37. The Hall–Kier alpha value is -1.83. The number of anilines is 1. The number of nitrogens with one attached hydrogen (secondary N) is 1. The minimum Gasteiger partial charge on any atom is -0.478 e. The fraction of sp³-hybridized carbons (Fsp3) is 0.471. The lowest BCUT2D eigenvalue weighted by atomic mass is 9.77. The number of likely N-dealkylation sites (N-methyl/N-ethyl adjacent to an activating group) is 1. The summed E-state index contributed by atoms with van der Waals surface area (Å²) in [6.45, 7) is 8.54. The monoisotopic (exact) mass is 332 g/mol. The SMILES string of the molecule is CNCC(=Cc1ccc(N)c(C(=O)O)c1)B1OC(C)(C)C(C)(C)O1. The molecule has 0 spiro atoms. The van der Waals surface area contributed by atoms with Crippen LogP contribution in [0.4, 0.5) is 5.69 Å². The summed E-state index contributed by atoms with van der Waals surface area (Å²) in [5, 5.41) is 12.3. The molecule has 0 aliphatic carbocycles. The van der Waals surface area contributed by atoms with Gasteiger partial charge in [-0.3, -0.25) is 0 Å². The molecule has 0 unspecified atom stereocenters. The Morgan fingerprint density at radius 2 is 1.88 bits per heavy atom. The summed E-state index contributed by atoms with van der Waals surface area (Å²) >= 11 is 0. The van der Waals surface area contributed by atoms with Gasteiger partial charge in [0, 0.05) is 12.2 Å². The van der Waals surface area contributed by atoms with E-state index < -0.39 is 24.3 Å². The van der Waals surface area contributed by atoms with Crippen molar-refractivity contribution in [3.63, 3.8) is 0 Å². The van der Waals surface area contributed by atoms with Gasteiger partial charge in [0.15, 0.2) is 0 Å². The summed E-state index contributed by atoms with van der Waals surface area (Å²) in [5.74, 6) is -1.05. The fourth-order valence-electron chi connectivity index (χ4n) is 2.46. The molecule has 1 heterocycles. The number of carbonyl (C=O) groups is 1. The predicted octanol–water partition coefficient (Wildman–Crippen LogP) is 2.20. The Morgan fingerprint density at radius 3 is 2.38 bits per heavy atom. The Labute approximate surface area is 143 Å². The van der Waals surface area contributed by atoms with E-state index in [0.29, 0.717) is 6.54 Å². The van der Waals surface area contributed by atoms with Gasteiger partial charge in [-0.15, -0.1) is 0 Å². The lowest BCUT2D eigenvalue weighted by molar-refractivity contribution is 0.00578. The first kappa shape index (κ1) is 18.5. The largest absolute Gasteiger partial charge is 0.491 e. The number of aromatic carboxylic acids is 1. The van der Waals surface area contributed by atoms with E-state index in [-0.39, 0.29) is 11.3 Å². The van der Waals surface area contributed by atoms with Crippen LogP contribution in [-0.4, -0.2) is 43.0 Å². The number of carboxylic acid groups (broad SMARTS) is 1. The summed E-state index contributed by atoms with van der Waals surface area (Å²) in [4.78, 5) is 11.2. The smallest absolute Gasteiger partial charge is 0.478 e. The Morgan fingerprint density at radius 1 is 1.29 bits per heavy atom. The number of hydrogen-bond donors (Lipinski definition) is 3. The van der Waals surface area contributed by atoms with Crippen molar-refractivity contribution in [3.8, 4) is 0 Å². The minimum atomic E-state index is -1.05. The minimum absolute atomic E-state index is 0.0847. The van der Waals surface area contributed by atoms with E-state index in [2.05, 4.69) is 5.32 Å². The van der Waals surface area contributed by atoms with E-state index in [9.17, 15) is 9.90 Å². The van der Waals surface area contributed by atoms with Crippen molar-refractivity contribution < 1.29 is 19.2 Å². The molecule has 1 fully saturated rings. The maximum atomic E-state index is 11.2. The van der Waals surface area contributed by atoms with Crippen molar-refractivity contribution in [3.05, 3.63) is 34.8 Å². The van der Waals surface area contributed by atoms with Crippen molar-refractivity contribution >= 4 is 24.9 Å². The summed E-state index contributed by atoms with van der Waals surface area (Å²) in [7, 11) is 1.35. The highest BCUT2D eigenvalue weighted by atomic mass is 16.7. The number of rotatable bonds is 5. The molecule has 24 heavy (non-hydrogen) atoms. The van der Waals surface area contributed by atoms with Crippen LogP contribution in [0.25, 0.3) is 6.08 Å². The van der Waals surface area contributed by atoms with E-state index in [1.807, 2.05) is 40.8 Å². The van der Waals surface area contributed by atoms with Gasteiger partial charge in [0.1, 0.15) is 0 Å². The number of nitrogens with two attached hydrogens (primary N) is 1. The van der Waals surface area contributed by atoms with Crippen LogP contribution in [0.1, 0.15) is 43.6 Å². The zero-order valence-electron chi connectivity index (χ0n) is 14.8. The molecular formula is C17H25BN2O4. The van der Waals surface area contributed by atoms with E-state index in [1.165, 1.54) is 0 Å². The molecular weight excluding hydrogens is 307 g/mol. The van der Waals surface area contributed by atoms with Gasteiger partial charge < -0.3 is 25.5 Å². The van der Waals surface area contributed by atoms with Crippen LogP contribution < -0.4 is 11.1 Å². The summed E-state index contributed by atoms with van der Waals surface area (Å²) < 4.78 is 12.2. The van der Waals surface area contributed by atoms with Gasteiger partial charge >= 0.3 is 13.1 Å². The lowest BCUT2D eigenvalue weighted by Crippen LogP contribution is -2.41. The van der Waals surface area contributed by atoms with Crippen LogP contribution in [0.3, 0.4) is 0 Å². The number of nitrogen functional groups attached to an aromatic ring is 1. The third-order valence-electron chi connectivity index (χ3n) is 4.60. The van der Waals surface area contributed by atoms with Crippen molar-refractivity contribution in [2.45, 2.75) is 38.9 Å². The second kappa shape index (κ2) is 6.59. The topological polar surface area (TPSA) is 93.8 Å². The highest BCUT2D eigenvalue weighted by Crippen LogP contribution is 2.38. The first-order valence-electron chi connectivity index (χ1n) is 7.91. The average molecular weight is 332 g/mol. The molecule has 7 heteroatoms. The zero-order valence-corrected chi connectivity index (χ0v) is 14.8. The van der Waals surface area contributed by atoms with Crippen molar-refractivity contribution in [1.29, 1.82) is 0 Å². The highest BCUT2D eigenvalue weighted by Gasteiger charge is 2.52. The van der Waals surface area contributed by atoms with Crippen LogP contribution in [0.5, 0.6) is 0 Å². The van der Waals surface area contributed by atoms with E-state index >= 15 is 0 Å². The van der Waals surface area contributed by atoms with Gasteiger partial charge in [0.2, 0.25) is 0 Å². The maximum absolute atomic E-state index is 11.2. The molecule has 1 aromatic carbocycles. The van der Waals surface area contributed by atoms with Crippen molar-refractivity contribution in [2.24, 2.45) is 0 Å². The van der Waals surface area contributed by atoms with E-state index in [0.717, 1.165) is 11.0 Å². The molecule has 0 amide bonds. The molecule has 0 atom stereocenters. The molecule has 0 bridgehead atoms. The third-order valence-corrected chi connectivity index (χ3v) is 4.60. The van der Waals surface area contributed by atoms with E-state index in [4.69, 9.17) is 15.0 Å². The summed E-state index contributed by atoms with van der Waals surface area (Å²) in [5.41, 5.74) is 6.79. The van der Waals surface area contributed by atoms with Crippen molar-refractivity contribution in [1.82, 2.24) is 5.32 Å².